The lowest BCUT2D eigenvalue weighted by Gasteiger charge is -2.29. The third-order valence-corrected chi connectivity index (χ3v) is 3.99. The lowest BCUT2D eigenvalue weighted by molar-refractivity contribution is -0.178. The number of hydrogen-bond acceptors (Lipinski definition) is 3. The van der Waals surface area contributed by atoms with E-state index in [4.69, 9.17) is 10.5 Å². The van der Waals surface area contributed by atoms with Crippen molar-refractivity contribution < 1.29 is 22.7 Å². The lowest BCUT2D eigenvalue weighted by atomic mass is 9.80. The summed E-state index contributed by atoms with van der Waals surface area (Å²) in [6.45, 7) is 3.81. The molecule has 1 aliphatic rings. The number of esters is 1. The number of halogens is 3. The van der Waals surface area contributed by atoms with Gasteiger partial charge < -0.3 is 10.5 Å². The Labute approximate surface area is 124 Å². The quantitative estimate of drug-likeness (QED) is 0.762. The van der Waals surface area contributed by atoms with Crippen molar-refractivity contribution in [1.82, 2.24) is 0 Å². The van der Waals surface area contributed by atoms with Crippen LogP contribution in [0.3, 0.4) is 0 Å². The van der Waals surface area contributed by atoms with Crippen LogP contribution in [0.1, 0.15) is 52.4 Å². The molecule has 0 aromatic heterocycles. The molecule has 0 aromatic rings. The number of carbonyl (C=O) groups is 1. The molecule has 0 amide bonds. The first-order valence-electron chi connectivity index (χ1n) is 7.70. The maximum atomic E-state index is 12.9. The Balaban J connectivity index is 2.70. The van der Waals surface area contributed by atoms with Crippen LogP contribution in [0.25, 0.3) is 0 Å². The molecule has 0 unspecified atom stereocenters. The second-order valence-corrected chi connectivity index (χ2v) is 6.44. The summed E-state index contributed by atoms with van der Waals surface area (Å²) in [5, 5.41) is 0. The molecule has 2 N–H and O–H groups in total. The Morgan fingerprint density at radius 2 is 1.81 bits per heavy atom. The van der Waals surface area contributed by atoms with Crippen LogP contribution in [-0.4, -0.2) is 24.8 Å². The van der Waals surface area contributed by atoms with Gasteiger partial charge in [0.25, 0.3) is 0 Å². The van der Waals surface area contributed by atoms with E-state index in [1.54, 1.807) is 0 Å². The number of rotatable bonds is 6. The zero-order valence-corrected chi connectivity index (χ0v) is 12.8. The van der Waals surface area contributed by atoms with E-state index in [1.165, 1.54) is 0 Å². The van der Waals surface area contributed by atoms with E-state index >= 15 is 0 Å². The van der Waals surface area contributed by atoms with Gasteiger partial charge >= 0.3 is 12.1 Å². The fourth-order valence-corrected chi connectivity index (χ4v) is 2.76. The topological polar surface area (TPSA) is 52.3 Å². The number of hydrogen-bond donors (Lipinski definition) is 1. The molecular weight excluding hydrogens is 283 g/mol. The van der Waals surface area contributed by atoms with Crippen LogP contribution in [0.15, 0.2) is 0 Å². The van der Waals surface area contributed by atoms with Gasteiger partial charge in [0.2, 0.25) is 0 Å². The Morgan fingerprint density at radius 1 is 1.24 bits per heavy atom. The van der Waals surface area contributed by atoms with E-state index in [1.807, 2.05) is 13.8 Å². The van der Waals surface area contributed by atoms with E-state index in [9.17, 15) is 18.0 Å². The first kappa shape index (κ1) is 18.3. The zero-order chi connectivity index (χ0) is 16.0. The molecule has 0 spiro atoms. The molecule has 0 aromatic carbocycles. The highest BCUT2D eigenvalue weighted by Gasteiger charge is 2.46. The van der Waals surface area contributed by atoms with Gasteiger partial charge in [0, 0.05) is 0 Å². The molecule has 1 aliphatic carbocycles. The Morgan fingerprint density at radius 3 is 2.29 bits per heavy atom. The van der Waals surface area contributed by atoms with Gasteiger partial charge in [-0.3, -0.25) is 4.79 Å². The number of alkyl halides is 3. The molecule has 0 saturated heterocycles. The van der Waals surface area contributed by atoms with E-state index in [-0.39, 0.29) is 24.9 Å². The second-order valence-electron chi connectivity index (χ2n) is 6.44. The van der Waals surface area contributed by atoms with Crippen LogP contribution in [-0.2, 0) is 9.53 Å². The fraction of sp³-hybridized carbons (Fsp3) is 0.933. The van der Waals surface area contributed by atoms with Crippen molar-refractivity contribution in [3.05, 3.63) is 0 Å². The molecule has 1 rings (SSSR count). The van der Waals surface area contributed by atoms with Crippen LogP contribution >= 0.6 is 0 Å². The van der Waals surface area contributed by atoms with Crippen molar-refractivity contribution in [2.45, 2.75) is 64.6 Å². The molecule has 0 heterocycles. The molecule has 0 radical (unpaired) electrons. The SMILES string of the molecule is CC(C)COC(=O)[C@@H](CC1CCCCC1)[C@H](N)C(F)(F)F. The van der Waals surface area contributed by atoms with Gasteiger partial charge in [0.15, 0.2) is 0 Å². The van der Waals surface area contributed by atoms with E-state index in [2.05, 4.69) is 0 Å². The fourth-order valence-electron chi connectivity index (χ4n) is 2.76. The summed E-state index contributed by atoms with van der Waals surface area (Å²) in [5.74, 6) is -1.86. The third kappa shape index (κ3) is 6.24. The van der Waals surface area contributed by atoms with Crippen molar-refractivity contribution >= 4 is 5.97 Å². The largest absolute Gasteiger partial charge is 0.465 e. The molecule has 1 saturated carbocycles. The Kier molecular flexibility index (Phi) is 6.97. The van der Waals surface area contributed by atoms with E-state index in [0.717, 1.165) is 32.1 Å². The molecule has 21 heavy (non-hydrogen) atoms. The molecule has 2 atom stereocenters. The summed E-state index contributed by atoms with van der Waals surface area (Å²) in [5.41, 5.74) is 5.29. The number of ether oxygens (including phenoxy) is 1. The summed E-state index contributed by atoms with van der Waals surface area (Å²) < 4.78 is 43.6. The van der Waals surface area contributed by atoms with Crippen LogP contribution in [0.5, 0.6) is 0 Å². The predicted octanol–water partition coefficient (Wildman–Crippen LogP) is 3.66. The van der Waals surface area contributed by atoms with Gasteiger partial charge in [-0.1, -0.05) is 46.0 Å². The zero-order valence-electron chi connectivity index (χ0n) is 12.8. The standard InChI is InChI=1S/C15H26F3NO2/c1-10(2)9-21-14(20)12(13(19)15(16,17)18)8-11-6-4-3-5-7-11/h10-13H,3-9,19H2,1-2H3/t12-,13-/m0/s1. The van der Waals surface area contributed by atoms with Gasteiger partial charge in [-0.25, -0.2) is 0 Å². The van der Waals surface area contributed by atoms with Crippen molar-refractivity contribution in [3.63, 3.8) is 0 Å². The van der Waals surface area contributed by atoms with Crippen LogP contribution < -0.4 is 5.73 Å². The normalized spacial score (nSPS) is 20.3. The second kappa shape index (κ2) is 8.01. The van der Waals surface area contributed by atoms with Crippen molar-refractivity contribution in [2.75, 3.05) is 6.61 Å². The van der Waals surface area contributed by atoms with Crippen LogP contribution in [0, 0.1) is 17.8 Å². The highest BCUT2D eigenvalue weighted by Crippen LogP contribution is 2.34. The van der Waals surface area contributed by atoms with Gasteiger partial charge in [0.05, 0.1) is 12.5 Å². The van der Waals surface area contributed by atoms with Gasteiger partial charge in [0.1, 0.15) is 6.04 Å². The average Bonchev–Trinajstić information content (AvgIpc) is 2.41. The van der Waals surface area contributed by atoms with Crippen LogP contribution in [0.4, 0.5) is 13.2 Å². The highest BCUT2D eigenvalue weighted by atomic mass is 19.4. The van der Waals surface area contributed by atoms with Gasteiger partial charge in [-0.2, -0.15) is 13.2 Å². The van der Waals surface area contributed by atoms with E-state index < -0.39 is 24.1 Å². The van der Waals surface area contributed by atoms with Crippen LogP contribution in [0.2, 0.25) is 0 Å². The molecular formula is C15H26F3NO2. The molecule has 0 bridgehead atoms. The lowest BCUT2D eigenvalue weighted by Crippen LogP contribution is -2.48. The molecule has 0 aliphatic heterocycles. The summed E-state index contributed by atoms with van der Waals surface area (Å²) >= 11 is 0. The molecule has 124 valence electrons. The summed E-state index contributed by atoms with van der Waals surface area (Å²) in [6.07, 6.45) is 0.495. The average molecular weight is 309 g/mol. The first-order valence-corrected chi connectivity index (χ1v) is 7.70. The molecule has 6 heteroatoms. The van der Waals surface area contributed by atoms with Crippen molar-refractivity contribution in [2.24, 2.45) is 23.5 Å². The van der Waals surface area contributed by atoms with Crippen molar-refractivity contribution in [3.8, 4) is 0 Å². The van der Waals surface area contributed by atoms with Gasteiger partial charge in [-0.15, -0.1) is 0 Å². The monoisotopic (exact) mass is 309 g/mol. The number of nitrogens with two attached hydrogens (primary N) is 1. The Hall–Kier alpha value is -0.780. The van der Waals surface area contributed by atoms with Gasteiger partial charge in [-0.05, 0) is 18.3 Å². The maximum Gasteiger partial charge on any atom is 0.404 e. The Bertz CT molecular complexity index is 325. The maximum absolute atomic E-state index is 12.9. The number of carbonyl (C=O) groups excluding carboxylic acids is 1. The summed E-state index contributed by atoms with van der Waals surface area (Å²) in [4.78, 5) is 12.0. The minimum absolute atomic E-state index is 0.0893. The minimum atomic E-state index is -4.57. The molecule has 3 nitrogen and oxygen atoms in total. The predicted molar refractivity (Wildman–Crippen MR) is 74.5 cm³/mol. The third-order valence-electron chi connectivity index (χ3n) is 3.99. The minimum Gasteiger partial charge on any atom is -0.465 e. The van der Waals surface area contributed by atoms with Crippen molar-refractivity contribution in [1.29, 1.82) is 0 Å². The smallest absolute Gasteiger partial charge is 0.404 e. The first-order chi connectivity index (χ1) is 9.71. The molecule has 1 fully saturated rings. The van der Waals surface area contributed by atoms with E-state index in [0.29, 0.717) is 0 Å². The highest BCUT2D eigenvalue weighted by molar-refractivity contribution is 5.73. The summed E-state index contributed by atoms with van der Waals surface area (Å²) in [7, 11) is 0. The summed E-state index contributed by atoms with van der Waals surface area (Å²) in [6, 6.07) is -2.14.